The van der Waals surface area contributed by atoms with E-state index in [9.17, 15) is 4.79 Å². The number of carbonyl (C=O) groups excluding carboxylic acids is 1. The summed E-state index contributed by atoms with van der Waals surface area (Å²) < 4.78 is 5.48. The molecule has 3 heteroatoms. The lowest BCUT2D eigenvalue weighted by atomic mass is 9.83. The van der Waals surface area contributed by atoms with Crippen molar-refractivity contribution in [3.05, 3.63) is 30.7 Å². The number of hydrogen-bond acceptors (Lipinski definition) is 3. The molecule has 0 spiro atoms. The van der Waals surface area contributed by atoms with E-state index in [-0.39, 0.29) is 17.8 Å². The number of fused-ring (bicyclic) bond motifs is 1. The van der Waals surface area contributed by atoms with Crippen LogP contribution < -0.4 is 9.64 Å². The van der Waals surface area contributed by atoms with E-state index in [0.29, 0.717) is 12.2 Å². The molecule has 1 heterocycles. The lowest BCUT2D eigenvalue weighted by molar-refractivity contribution is -0.140. The van der Waals surface area contributed by atoms with Crippen molar-refractivity contribution < 1.29 is 9.53 Å². The third kappa shape index (κ3) is 2.46. The van der Waals surface area contributed by atoms with Crippen LogP contribution >= 0.6 is 0 Å². The Morgan fingerprint density at radius 2 is 2.00 bits per heavy atom. The van der Waals surface area contributed by atoms with E-state index in [4.69, 9.17) is 4.74 Å². The van der Waals surface area contributed by atoms with Crippen LogP contribution in [0.4, 0.5) is 5.69 Å². The molecule has 103 valence electrons. The van der Waals surface area contributed by atoms with Gasteiger partial charge in [0.15, 0.2) is 0 Å². The average Bonchev–Trinajstić information content (AvgIpc) is 2.40. The van der Waals surface area contributed by atoms with Crippen molar-refractivity contribution in [1.29, 1.82) is 0 Å². The fourth-order valence-electron chi connectivity index (χ4n) is 2.75. The molecular weight excluding hydrogens is 238 g/mol. The zero-order valence-electron chi connectivity index (χ0n) is 12.0. The monoisotopic (exact) mass is 260 g/mol. The van der Waals surface area contributed by atoms with Gasteiger partial charge < -0.3 is 9.64 Å². The second kappa shape index (κ2) is 5.64. The maximum atomic E-state index is 11.9. The van der Waals surface area contributed by atoms with E-state index in [2.05, 4.69) is 44.7 Å². The Balaban J connectivity index is 2.37. The van der Waals surface area contributed by atoms with E-state index in [1.165, 1.54) is 0 Å². The molecule has 0 amide bonds. The first-order valence-electron chi connectivity index (χ1n) is 7.02. The van der Waals surface area contributed by atoms with Crippen LogP contribution in [0, 0.1) is 12.8 Å². The SMILES string of the molecule is [CH2]CC1C(=O)Oc2cc(N(CC)CC)ccc2C1C. The maximum absolute atomic E-state index is 11.9. The van der Waals surface area contributed by atoms with Crippen molar-refractivity contribution in [2.45, 2.75) is 33.1 Å². The Morgan fingerprint density at radius 3 is 2.58 bits per heavy atom. The number of benzene rings is 1. The van der Waals surface area contributed by atoms with Crippen LogP contribution in [0.1, 0.15) is 38.7 Å². The molecule has 0 fully saturated rings. The minimum absolute atomic E-state index is 0.119. The quantitative estimate of drug-likeness (QED) is 0.614. The minimum atomic E-state index is -0.147. The van der Waals surface area contributed by atoms with Crippen molar-refractivity contribution in [3.8, 4) is 5.75 Å². The summed E-state index contributed by atoms with van der Waals surface area (Å²) in [6.07, 6.45) is 0.581. The molecule has 2 unspecified atom stereocenters. The Hall–Kier alpha value is -1.51. The molecule has 0 aliphatic carbocycles. The summed E-state index contributed by atoms with van der Waals surface area (Å²) >= 11 is 0. The molecule has 0 bridgehead atoms. The fourth-order valence-corrected chi connectivity index (χ4v) is 2.75. The molecule has 0 N–H and O–H groups in total. The van der Waals surface area contributed by atoms with Crippen molar-refractivity contribution in [2.24, 2.45) is 5.92 Å². The third-order valence-corrected chi connectivity index (χ3v) is 4.04. The van der Waals surface area contributed by atoms with E-state index in [0.717, 1.165) is 24.3 Å². The highest BCUT2D eigenvalue weighted by atomic mass is 16.5. The summed E-state index contributed by atoms with van der Waals surface area (Å²) in [5.74, 6) is 0.629. The topological polar surface area (TPSA) is 29.5 Å². The molecule has 2 rings (SSSR count). The lowest BCUT2D eigenvalue weighted by Crippen LogP contribution is -2.30. The van der Waals surface area contributed by atoms with Crippen LogP contribution in [-0.2, 0) is 4.79 Å². The summed E-state index contributed by atoms with van der Waals surface area (Å²) in [7, 11) is 0. The highest BCUT2D eigenvalue weighted by Gasteiger charge is 2.33. The second-order valence-electron chi connectivity index (χ2n) is 5.00. The minimum Gasteiger partial charge on any atom is -0.426 e. The van der Waals surface area contributed by atoms with Crippen molar-refractivity contribution >= 4 is 11.7 Å². The Bertz CT molecular complexity index is 466. The molecule has 1 radical (unpaired) electrons. The van der Waals surface area contributed by atoms with Gasteiger partial charge in [-0.05, 0) is 37.8 Å². The first-order chi connectivity index (χ1) is 9.12. The number of carbonyl (C=O) groups is 1. The predicted octanol–water partition coefficient (Wildman–Crippen LogP) is 3.40. The summed E-state index contributed by atoms with van der Waals surface area (Å²) in [5, 5.41) is 0. The third-order valence-electron chi connectivity index (χ3n) is 4.04. The molecule has 0 saturated heterocycles. The van der Waals surface area contributed by atoms with Crippen molar-refractivity contribution in [2.75, 3.05) is 18.0 Å². The van der Waals surface area contributed by atoms with Gasteiger partial charge in [-0.2, -0.15) is 0 Å². The van der Waals surface area contributed by atoms with Gasteiger partial charge in [0.05, 0.1) is 5.92 Å². The smallest absolute Gasteiger partial charge is 0.314 e. The molecular formula is C16H22NO2. The van der Waals surface area contributed by atoms with Crippen molar-refractivity contribution in [3.63, 3.8) is 0 Å². The number of ether oxygens (including phenoxy) is 1. The van der Waals surface area contributed by atoms with Gasteiger partial charge in [-0.15, -0.1) is 0 Å². The van der Waals surface area contributed by atoms with E-state index in [1.54, 1.807) is 0 Å². The molecule has 1 aliphatic rings. The Kier molecular flexibility index (Phi) is 4.13. The highest BCUT2D eigenvalue weighted by Crippen LogP contribution is 2.40. The molecule has 1 aromatic carbocycles. The molecule has 19 heavy (non-hydrogen) atoms. The van der Waals surface area contributed by atoms with Crippen LogP contribution in [-0.4, -0.2) is 19.1 Å². The summed E-state index contributed by atoms with van der Waals surface area (Å²) in [6.45, 7) is 12.1. The van der Waals surface area contributed by atoms with Gasteiger partial charge in [-0.1, -0.05) is 19.9 Å². The molecule has 0 aromatic heterocycles. The van der Waals surface area contributed by atoms with Gasteiger partial charge in [-0.3, -0.25) is 4.79 Å². The van der Waals surface area contributed by atoms with Crippen LogP contribution in [0.25, 0.3) is 0 Å². The molecule has 3 nitrogen and oxygen atoms in total. The Labute approximate surface area is 115 Å². The summed E-state index contributed by atoms with van der Waals surface area (Å²) in [6, 6.07) is 6.18. The van der Waals surface area contributed by atoms with Gasteiger partial charge in [0.25, 0.3) is 0 Å². The first-order valence-corrected chi connectivity index (χ1v) is 7.02. The zero-order valence-corrected chi connectivity index (χ0v) is 12.0. The second-order valence-corrected chi connectivity index (χ2v) is 5.00. The number of anilines is 1. The normalized spacial score (nSPS) is 21.8. The molecule has 1 aromatic rings. The van der Waals surface area contributed by atoms with E-state index in [1.807, 2.05) is 6.07 Å². The summed E-state index contributed by atoms with van der Waals surface area (Å²) in [5.41, 5.74) is 2.22. The van der Waals surface area contributed by atoms with Gasteiger partial charge in [0.1, 0.15) is 5.75 Å². The van der Waals surface area contributed by atoms with E-state index >= 15 is 0 Å². The average molecular weight is 260 g/mol. The largest absolute Gasteiger partial charge is 0.426 e. The number of nitrogens with zero attached hydrogens (tertiary/aromatic N) is 1. The van der Waals surface area contributed by atoms with Gasteiger partial charge >= 0.3 is 5.97 Å². The fraction of sp³-hybridized carbons (Fsp3) is 0.500. The maximum Gasteiger partial charge on any atom is 0.314 e. The summed E-state index contributed by atoms with van der Waals surface area (Å²) in [4.78, 5) is 14.2. The van der Waals surface area contributed by atoms with Crippen LogP contribution in [0.5, 0.6) is 5.75 Å². The van der Waals surface area contributed by atoms with Gasteiger partial charge in [0.2, 0.25) is 0 Å². The highest BCUT2D eigenvalue weighted by molar-refractivity contribution is 5.80. The van der Waals surface area contributed by atoms with E-state index < -0.39 is 0 Å². The standard InChI is InChI=1S/C16H22NO2/c1-5-13-11(4)14-9-8-12(17(6-2)7-3)10-15(14)19-16(13)18/h8-11,13H,1,5-7H2,2-4H3. The molecule has 1 aliphatic heterocycles. The Morgan fingerprint density at radius 1 is 1.32 bits per heavy atom. The van der Waals surface area contributed by atoms with Crippen LogP contribution in [0.15, 0.2) is 18.2 Å². The number of hydrogen-bond donors (Lipinski definition) is 0. The van der Waals surface area contributed by atoms with Crippen LogP contribution in [0.2, 0.25) is 0 Å². The zero-order chi connectivity index (χ0) is 14.0. The lowest BCUT2D eigenvalue weighted by Gasteiger charge is -2.30. The first kappa shape index (κ1) is 13.9. The molecule has 0 saturated carbocycles. The predicted molar refractivity (Wildman–Crippen MR) is 77.5 cm³/mol. The van der Waals surface area contributed by atoms with Gasteiger partial charge in [-0.25, -0.2) is 0 Å². The molecule has 2 atom stereocenters. The van der Waals surface area contributed by atoms with Gasteiger partial charge in [0, 0.05) is 24.8 Å². The number of rotatable bonds is 4. The number of esters is 1. The van der Waals surface area contributed by atoms with Crippen LogP contribution in [0.3, 0.4) is 0 Å². The van der Waals surface area contributed by atoms with Crippen molar-refractivity contribution in [1.82, 2.24) is 0 Å².